The molecule has 0 radical (unpaired) electrons. The van der Waals surface area contributed by atoms with E-state index in [4.69, 9.17) is 9.51 Å². The van der Waals surface area contributed by atoms with Crippen LogP contribution in [0.15, 0.2) is 34.9 Å². The number of rotatable bonds is 5. The molecule has 1 aromatic carbocycles. The van der Waals surface area contributed by atoms with Crippen molar-refractivity contribution in [2.45, 2.75) is 45.2 Å². The van der Waals surface area contributed by atoms with E-state index in [1.807, 2.05) is 30.3 Å². The Labute approximate surface area is 146 Å². The predicted octanol–water partition coefficient (Wildman–Crippen LogP) is 3.32. The zero-order valence-corrected chi connectivity index (χ0v) is 14.5. The number of likely N-dealkylation sites (tertiary alicyclic amines) is 1. The second kappa shape index (κ2) is 6.76. The molecule has 3 heterocycles. The van der Waals surface area contributed by atoms with Crippen LogP contribution in [0.3, 0.4) is 0 Å². The van der Waals surface area contributed by atoms with Crippen LogP contribution in [0.5, 0.6) is 0 Å². The minimum Gasteiger partial charge on any atom is -0.339 e. The van der Waals surface area contributed by atoms with Gasteiger partial charge in [-0.3, -0.25) is 10.00 Å². The van der Waals surface area contributed by atoms with Crippen LogP contribution in [-0.2, 0) is 6.54 Å². The zero-order chi connectivity index (χ0) is 17.2. The fourth-order valence-corrected chi connectivity index (χ4v) is 3.21. The Balaban J connectivity index is 1.50. The quantitative estimate of drug-likeness (QED) is 0.768. The molecule has 7 heteroatoms. The summed E-state index contributed by atoms with van der Waals surface area (Å²) >= 11 is 0. The normalized spacial score (nSPS) is 18.3. The summed E-state index contributed by atoms with van der Waals surface area (Å²) < 4.78 is 5.32. The minimum absolute atomic E-state index is 0.214. The van der Waals surface area contributed by atoms with E-state index in [1.54, 1.807) is 0 Å². The molecule has 1 saturated heterocycles. The second-order valence-corrected chi connectivity index (χ2v) is 6.74. The first kappa shape index (κ1) is 16.0. The third-order valence-corrected chi connectivity index (χ3v) is 4.54. The number of nitrogens with one attached hydrogen (secondary N) is 1. The van der Waals surface area contributed by atoms with Crippen LogP contribution in [0.25, 0.3) is 11.4 Å². The summed E-state index contributed by atoms with van der Waals surface area (Å²) in [6.07, 6.45) is 2.18. The van der Waals surface area contributed by atoms with Crippen LogP contribution >= 0.6 is 0 Å². The van der Waals surface area contributed by atoms with Crippen molar-refractivity contribution in [1.29, 1.82) is 0 Å². The molecule has 4 rings (SSSR count). The number of aromatic nitrogens is 5. The third kappa shape index (κ3) is 3.32. The van der Waals surface area contributed by atoms with Gasteiger partial charge in [0.2, 0.25) is 5.89 Å². The molecule has 3 aromatic rings. The van der Waals surface area contributed by atoms with Crippen LogP contribution < -0.4 is 0 Å². The molecular formula is C18H22N6O. The van der Waals surface area contributed by atoms with Crippen molar-refractivity contribution in [3.8, 4) is 11.4 Å². The van der Waals surface area contributed by atoms with Crippen LogP contribution in [0.1, 0.15) is 56.2 Å². The summed E-state index contributed by atoms with van der Waals surface area (Å²) in [5.74, 6) is 3.32. The molecule has 1 atom stereocenters. The third-order valence-electron chi connectivity index (χ3n) is 4.54. The maximum atomic E-state index is 5.32. The lowest BCUT2D eigenvalue weighted by atomic mass is 10.2. The molecule has 0 aliphatic carbocycles. The van der Waals surface area contributed by atoms with Crippen molar-refractivity contribution in [2.24, 2.45) is 0 Å². The van der Waals surface area contributed by atoms with E-state index >= 15 is 0 Å². The Morgan fingerprint density at radius 1 is 1.24 bits per heavy atom. The molecular weight excluding hydrogens is 316 g/mol. The Morgan fingerprint density at radius 2 is 2.08 bits per heavy atom. The molecule has 1 N–H and O–H groups in total. The number of H-pyrrole nitrogens is 1. The number of benzene rings is 1. The molecule has 0 amide bonds. The minimum atomic E-state index is 0.214. The molecule has 7 nitrogen and oxygen atoms in total. The first-order valence-electron chi connectivity index (χ1n) is 8.75. The molecule has 130 valence electrons. The molecule has 0 spiro atoms. The summed E-state index contributed by atoms with van der Waals surface area (Å²) in [6.45, 7) is 5.77. The average Bonchev–Trinajstić information content (AvgIpc) is 3.36. The van der Waals surface area contributed by atoms with Gasteiger partial charge in [-0.05, 0) is 19.4 Å². The van der Waals surface area contributed by atoms with Crippen molar-refractivity contribution >= 4 is 0 Å². The summed E-state index contributed by atoms with van der Waals surface area (Å²) in [4.78, 5) is 11.5. The molecule has 25 heavy (non-hydrogen) atoms. The van der Waals surface area contributed by atoms with Gasteiger partial charge in [0.25, 0.3) is 0 Å². The first-order valence-corrected chi connectivity index (χ1v) is 8.75. The van der Waals surface area contributed by atoms with Crippen LogP contribution in [0, 0.1) is 0 Å². The number of nitrogens with zero attached hydrogens (tertiary/aromatic N) is 5. The Hall–Kier alpha value is -2.54. The Bertz CT molecular complexity index is 825. The van der Waals surface area contributed by atoms with Crippen molar-refractivity contribution in [3.05, 3.63) is 47.9 Å². The second-order valence-electron chi connectivity index (χ2n) is 6.74. The van der Waals surface area contributed by atoms with Crippen LogP contribution in [0.4, 0.5) is 0 Å². The molecule has 1 aliphatic rings. The first-order chi connectivity index (χ1) is 12.2. The molecule has 1 fully saturated rings. The highest BCUT2D eigenvalue weighted by Crippen LogP contribution is 2.31. The van der Waals surface area contributed by atoms with E-state index < -0.39 is 0 Å². The molecule has 0 bridgehead atoms. The van der Waals surface area contributed by atoms with Crippen molar-refractivity contribution in [3.63, 3.8) is 0 Å². The highest BCUT2D eigenvalue weighted by Gasteiger charge is 2.30. The Kier molecular flexibility index (Phi) is 4.31. The number of hydrogen-bond acceptors (Lipinski definition) is 6. The standard InChI is InChI=1S/C18H22N6O/c1-12(2)18-19-15(23-25-18)11-24-10-6-9-14(24)17-20-16(21-22-17)13-7-4-3-5-8-13/h3-5,7-8,12,14H,6,9-11H2,1-2H3,(H,20,21,22)/t14-/m1/s1. The highest BCUT2D eigenvalue weighted by atomic mass is 16.5. The summed E-state index contributed by atoms with van der Waals surface area (Å²) in [6, 6.07) is 10.2. The van der Waals surface area contributed by atoms with Gasteiger partial charge in [-0.2, -0.15) is 10.1 Å². The lowest BCUT2D eigenvalue weighted by Gasteiger charge is -2.20. The maximum absolute atomic E-state index is 5.32. The van der Waals surface area contributed by atoms with Gasteiger partial charge in [0.1, 0.15) is 5.82 Å². The molecule has 1 aliphatic heterocycles. The lowest BCUT2D eigenvalue weighted by molar-refractivity contribution is 0.230. The van der Waals surface area contributed by atoms with Gasteiger partial charge in [-0.15, -0.1) is 0 Å². The van der Waals surface area contributed by atoms with Gasteiger partial charge >= 0.3 is 0 Å². The number of hydrogen-bond donors (Lipinski definition) is 1. The SMILES string of the molecule is CC(C)c1nc(CN2CCC[C@@H]2c2nc(-c3ccccc3)n[nH]2)no1. The lowest BCUT2D eigenvalue weighted by Crippen LogP contribution is -2.24. The monoisotopic (exact) mass is 338 g/mol. The van der Waals surface area contributed by atoms with Gasteiger partial charge in [-0.25, -0.2) is 4.98 Å². The topological polar surface area (TPSA) is 83.7 Å². The van der Waals surface area contributed by atoms with Gasteiger partial charge in [0.15, 0.2) is 11.6 Å². The largest absolute Gasteiger partial charge is 0.339 e. The number of aromatic amines is 1. The Morgan fingerprint density at radius 3 is 2.84 bits per heavy atom. The predicted molar refractivity (Wildman–Crippen MR) is 92.6 cm³/mol. The fraction of sp³-hybridized carbons (Fsp3) is 0.444. The van der Waals surface area contributed by atoms with E-state index in [2.05, 4.69) is 39.1 Å². The zero-order valence-electron chi connectivity index (χ0n) is 14.5. The van der Waals surface area contributed by atoms with Crippen molar-refractivity contribution in [1.82, 2.24) is 30.2 Å². The van der Waals surface area contributed by atoms with Gasteiger partial charge < -0.3 is 4.52 Å². The van der Waals surface area contributed by atoms with Gasteiger partial charge in [0, 0.05) is 11.5 Å². The van der Waals surface area contributed by atoms with Gasteiger partial charge in [-0.1, -0.05) is 49.3 Å². The molecule has 2 aromatic heterocycles. The van der Waals surface area contributed by atoms with E-state index in [0.29, 0.717) is 12.4 Å². The molecule has 0 unspecified atom stereocenters. The summed E-state index contributed by atoms with van der Waals surface area (Å²) in [7, 11) is 0. The van der Waals surface area contributed by atoms with E-state index in [1.165, 1.54) is 0 Å². The van der Waals surface area contributed by atoms with E-state index in [0.717, 1.165) is 42.4 Å². The van der Waals surface area contributed by atoms with E-state index in [9.17, 15) is 0 Å². The summed E-state index contributed by atoms with van der Waals surface area (Å²) in [5.41, 5.74) is 1.02. The van der Waals surface area contributed by atoms with Gasteiger partial charge in [0.05, 0.1) is 12.6 Å². The van der Waals surface area contributed by atoms with Crippen molar-refractivity contribution < 1.29 is 4.52 Å². The highest BCUT2D eigenvalue weighted by molar-refractivity contribution is 5.53. The van der Waals surface area contributed by atoms with E-state index in [-0.39, 0.29) is 12.0 Å². The van der Waals surface area contributed by atoms with Crippen LogP contribution in [0.2, 0.25) is 0 Å². The smallest absolute Gasteiger partial charge is 0.229 e. The fourth-order valence-electron chi connectivity index (χ4n) is 3.21. The maximum Gasteiger partial charge on any atom is 0.229 e. The summed E-state index contributed by atoms with van der Waals surface area (Å²) in [5, 5.41) is 11.6. The average molecular weight is 338 g/mol. The van der Waals surface area contributed by atoms with Crippen LogP contribution in [-0.4, -0.2) is 36.8 Å². The molecule has 0 saturated carbocycles. The van der Waals surface area contributed by atoms with Crippen molar-refractivity contribution in [2.75, 3.05) is 6.54 Å².